The SMILES string of the molecule is N#Cc1cncc(-c2ccc(Br)cc2)c1. The molecule has 1 aromatic heterocycles. The molecule has 0 N–H and O–H groups in total. The zero-order valence-electron chi connectivity index (χ0n) is 7.81. The van der Waals surface area contributed by atoms with Crippen LogP contribution in [-0.4, -0.2) is 4.98 Å². The van der Waals surface area contributed by atoms with Crippen LogP contribution >= 0.6 is 15.9 Å². The Labute approximate surface area is 96.3 Å². The van der Waals surface area contributed by atoms with E-state index in [2.05, 4.69) is 27.0 Å². The average molecular weight is 259 g/mol. The standard InChI is InChI=1S/C12H7BrN2/c13-12-3-1-10(2-4-12)11-5-9(6-14)7-15-8-11/h1-5,7-8H. The maximum absolute atomic E-state index is 8.76. The molecule has 0 saturated heterocycles. The first-order valence-electron chi connectivity index (χ1n) is 4.41. The number of nitriles is 1. The lowest BCUT2D eigenvalue weighted by molar-refractivity contribution is 1.30. The van der Waals surface area contributed by atoms with Gasteiger partial charge in [-0.2, -0.15) is 5.26 Å². The molecule has 0 spiro atoms. The van der Waals surface area contributed by atoms with Gasteiger partial charge in [-0.3, -0.25) is 4.98 Å². The number of nitrogens with zero attached hydrogens (tertiary/aromatic N) is 2. The molecule has 1 heterocycles. The second kappa shape index (κ2) is 4.24. The van der Waals surface area contributed by atoms with Crippen LogP contribution in [0.1, 0.15) is 5.56 Å². The summed E-state index contributed by atoms with van der Waals surface area (Å²) < 4.78 is 1.04. The zero-order valence-corrected chi connectivity index (χ0v) is 9.40. The van der Waals surface area contributed by atoms with E-state index >= 15 is 0 Å². The molecule has 0 unspecified atom stereocenters. The van der Waals surface area contributed by atoms with Crippen molar-refractivity contribution in [3.63, 3.8) is 0 Å². The first-order valence-corrected chi connectivity index (χ1v) is 5.20. The van der Waals surface area contributed by atoms with Crippen molar-refractivity contribution < 1.29 is 0 Å². The second-order valence-electron chi connectivity index (χ2n) is 3.08. The quantitative estimate of drug-likeness (QED) is 0.787. The van der Waals surface area contributed by atoms with Crippen LogP contribution < -0.4 is 0 Å². The highest BCUT2D eigenvalue weighted by Gasteiger charge is 1.99. The van der Waals surface area contributed by atoms with Gasteiger partial charge in [-0.25, -0.2) is 0 Å². The fraction of sp³-hybridized carbons (Fsp3) is 0. The number of aromatic nitrogens is 1. The van der Waals surface area contributed by atoms with Crippen molar-refractivity contribution in [3.8, 4) is 17.2 Å². The normalized spacial score (nSPS) is 9.60. The van der Waals surface area contributed by atoms with E-state index in [1.807, 2.05) is 30.3 Å². The largest absolute Gasteiger partial charge is 0.263 e. The number of hydrogen-bond donors (Lipinski definition) is 0. The van der Waals surface area contributed by atoms with Crippen LogP contribution in [0.25, 0.3) is 11.1 Å². The summed E-state index contributed by atoms with van der Waals surface area (Å²) in [5, 5.41) is 8.76. The van der Waals surface area contributed by atoms with Gasteiger partial charge in [0, 0.05) is 22.4 Å². The van der Waals surface area contributed by atoms with Crippen molar-refractivity contribution in [2.24, 2.45) is 0 Å². The molecule has 0 atom stereocenters. The summed E-state index contributed by atoms with van der Waals surface area (Å²) in [7, 11) is 0. The van der Waals surface area contributed by atoms with Gasteiger partial charge in [-0.1, -0.05) is 28.1 Å². The van der Waals surface area contributed by atoms with Crippen molar-refractivity contribution in [2.75, 3.05) is 0 Å². The lowest BCUT2D eigenvalue weighted by Crippen LogP contribution is -1.82. The summed E-state index contributed by atoms with van der Waals surface area (Å²) in [6.07, 6.45) is 3.31. The van der Waals surface area contributed by atoms with E-state index < -0.39 is 0 Å². The third kappa shape index (κ3) is 2.23. The van der Waals surface area contributed by atoms with E-state index in [4.69, 9.17) is 5.26 Å². The third-order valence-electron chi connectivity index (χ3n) is 2.04. The highest BCUT2D eigenvalue weighted by atomic mass is 79.9. The van der Waals surface area contributed by atoms with Crippen LogP contribution in [-0.2, 0) is 0 Å². The Morgan fingerprint density at radius 1 is 1.07 bits per heavy atom. The van der Waals surface area contributed by atoms with Gasteiger partial charge in [-0.15, -0.1) is 0 Å². The van der Waals surface area contributed by atoms with E-state index in [0.717, 1.165) is 15.6 Å². The number of hydrogen-bond acceptors (Lipinski definition) is 2. The number of rotatable bonds is 1. The Balaban J connectivity index is 2.46. The van der Waals surface area contributed by atoms with Gasteiger partial charge in [0.1, 0.15) is 6.07 Å². The lowest BCUT2D eigenvalue weighted by Gasteiger charge is -2.01. The molecule has 0 radical (unpaired) electrons. The minimum absolute atomic E-state index is 0.579. The number of halogens is 1. The van der Waals surface area contributed by atoms with E-state index in [1.165, 1.54) is 0 Å². The molecule has 0 saturated carbocycles. The zero-order chi connectivity index (χ0) is 10.7. The molecule has 15 heavy (non-hydrogen) atoms. The van der Waals surface area contributed by atoms with E-state index in [-0.39, 0.29) is 0 Å². The molecule has 3 heteroatoms. The van der Waals surface area contributed by atoms with E-state index in [0.29, 0.717) is 5.56 Å². The van der Waals surface area contributed by atoms with Crippen molar-refractivity contribution in [1.82, 2.24) is 4.98 Å². The van der Waals surface area contributed by atoms with Gasteiger partial charge in [-0.05, 0) is 23.8 Å². The van der Waals surface area contributed by atoms with Gasteiger partial charge < -0.3 is 0 Å². The van der Waals surface area contributed by atoms with Crippen molar-refractivity contribution >= 4 is 15.9 Å². The molecule has 0 aliphatic carbocycles. The highest BCUT2D eigenvalue weighted by Crippen LogP contribution is 2.21. The average Bonchev–Trinajstić information content (AvgIpc) is 2.30. The first kappa shape index (κ1) is 9.88. The molecule has 0 amide bonds. The summed E-state index contributed by atoms with van der Waals surface area (Å²) >= 11 is 3.38. The maximum Gasteiger partial charge on any atom is 0.101 e. The van der Waals surface area contributed by atoms with Crippen LogP contribution in [0.5, 0.6) is 0 Å². The van der Waals surface area contributed by atoms with Gasteiger partial charge in [0.2, 0.25) is 0 Å². The van der Waals surface area contributed by atoms with Crippen molar-refractivity contribution in [2.45, 2.75) is 0 Å². The molecule has 0 fully saturated rings. The number of pyridine rings is 1. The van der Waals surface area contributed by atoms with Crippen LogP contribution in [0, 0.1) is 11.3 Å². The smallest absolute Gasteiger partial charge is 0.101 e. The molecular formula is C12H7BrN2. The summed E-state index contributed by atoms with van der Waals surface area (Å²) in [6.45, 7) is 0. The van der Waals surface area contributed by atoms with Crippen molar-refractivity contribution in [1.29, 1.82) is 5.26 Å². The Bertz CT molecular complexity index is 512. The van der Waals surface area contributed by atoms with Crippen LogP contribution in [0.4, 0.5) is 0 Å². The summed E-state index contributed by atoms with van der Waals surface area (Å²) in [4.78, 5) is 4.02. The van der Waals surface area contributed by atoms with E-state index in [1.54, 1.807) is 12.4 Å². The van der Waals surface area contributed by atoms with Crippen LogP contribution in [0.2, 0.25) is 0 Å². The monoisotopic (exact) mass is 258 g/mol. The lowest BCUT2D eigenvalue weighted by atomic mass is 10.1. The molecule has 0 bridgehead atoms. The van der Waals surface area contributed by atoms with Gasteiger partial charge in [0.05, 0.1) is 5.56 Å². The predicted octanol–water partition coefficient (Wildman–Crippen LogP) is 3.38. The number of benzene rings is 1. The van der Waals surface area contributed by atoms with Gasteiger partial charge in [0.25, 0.3) is 0 Å². The molecule has 2 aromatic rings. The first-order chi connectivity index (χ1) is 7.29. The minimum Gasteiger partial charge on any atom is -0.263 e. The second-order valence-corrected chi connectivity index (χ2v) is 4.00. The summed E-state index contributed by atoms with van der Waals surface area (Å²) in [6, 6.07) is 11.8. The fourth-order valence-electron chi connectivity index (χ4n) is 1.30. The molecule has 2 nitrogen and oxygen atoms in total. The topological polar surface area (TPSA) is 36.7 Å². The summed E-state index contributed by atoms with van der Waals surface area (Å²) in [5.41, 5.74) is 2.60. The molecular weight excluding hydrogens is 252 g/mol. The minimum atomic E-state index is 0.579. The van der Waals surface area contributed by atoms with E-state index in [9.17, 15) is 0 Å². The van der Waals surface area contributed by atoms with Gasteiger partial charge in [0.15, 0.2) is 0 Å². The molecule has 72 valence electrons. The maximum atomic E-state index is 8.76. The predicted molar refractivity (Wildman–Crippen MR) is 62.1 cm³/mol. The Morgan fingerprint density at radius 2 is 1.80 bits per heavy atom. The third-order valence-corrected chi connectivity index (χ3v) is 2.57. The Morgan fingerprint density at radius 3 is 2.47 bits per heavy atom. The van der Waals surface area contributed by atoms with Crippen molar-refractivity contribution in [3.05, 3.63) is 52.8 Å². The Hall–Kier alpha value is -1.66. The van der Waals surface area contributed by atoms with Crippen LogP contribution in [0.15, 0.2) is 47.2 Å². The highest BCUT2D eigenvalue weighted by molar-refractivity contribution is 9.10. The fourth-order valence-corrected chi connectivity index (χ4v) is 1.57. The molecule has 2 rings (SSSR count). The molecule has 0 aliphatic rings. The molecule has 0 aliphatic heterocycles. The summed E-state index contributed by atoms with van der Waals surface area (Å²) in [5.74, 6) is 0. The molecule has 1 aromatic carbocycles. The van der Waals surface area contributed by atoms with Crippen LogP contribution in [0.3, 0.4) is 0 Å². The Kier molecular flexibility index (Phi) is 2.79. The van der Waals surface area contributed by atoms with Gasteiger partial charge >= 0.3 is 0 Å².